The highest BCUT2D eigenvalue weighted by molar-refractivity contribution is 5.85. The Hall–Kier alpha value is 0.170. The van der Waals surface area contributed by atoms with Crippen molar-refractivity contribution < 1.29 is 4.74 Å². The second kappa shape index (κ2) is 4.42. The molecule has 0 aromatic heterocycles. The third-order valence-corrected chi connectivity index (χ3v) is 2.73. The molecule has 2 saturated heterocycles. The van der Waals surface area contributed by atoms with Gasteiger partial charge in [0.1, 0.15) is 0 Å². The van der Waals surface area contributed by atoms with E-state index in [-0.39, 0.29) is 12.4 Å². The van der Waals surface area contributed by atoms with Crippen LogP contribution < -0.4 is 5.32 Å². The van der Waals surface area contributed by atoms with Crippen molar-refractivity contribution in [2.45, 2.75) is 18.6 Å². The summed E-state index contributed by atoms with van der Waals surface area (Å²) in [5.41, 5.74) is 0. The Balaban J connectivity index is 0.000000720. The van der Waals surface area contributed by atoms with Crippen molar-refractivity contribution in [3.05, 3.63) is 0 Å². The number of morpholine rings is 1. The largest absolute Gasteiger partial charge is 0.375 e. The van der Waals surface area contributed by atoms with Gasteiger partial charge in [0, 0.05) is 19.1 Å². The third-order valence-electron chi connectivity index (χ3n) is 2.73. The zero-order valence-electron chi connectivity index (χ0n) is 7.45. The van der Waals surface area contributed by atoms with Crippen LogP contribution in [0.15, 0.2) is 0 Å². The third kappa shape index (κ3) is 1.91. The molecule has 2 unspecified atom stereocenters. The second-order valence-corrected chi connectivity index (χ2v) is 3.45. The van der Waals surface area contributed by atoms with E-state index in [1.807, 2.05) is 0 Å². The van der Waals surface area contributed by atoms with Gasteiger partial charge < -0.3 is 10.1 Å². The Labute approximate surface area is 79.9 Å². The number of hydrogen-bond donors (Lipinski definition) is 1. The molecular weight excluding hydrogens is 176 g/mol. The predicted octanol–water partition coefficient (Wildman–Crippen LogP) is 0.101. The Morgan fingerprint density at radius 3 is 3.08 bits per heavy atom. The lowest BCUT2D eigenvalue weighted by molar-refractivity contribution is -0.0730. The van der Waals surface area contributed by atoms with E-state index in [0.29, 0.717) is 12.1 Å². The van der Waals surface area contributed by atoms with E-state index in [1.165, 1.54) is 6.42 Å². The van der Waals surface area contributed by atoms with Crippen molar-refractivity contribution in [1.29, 1.82) is 0 Å². The van der Waals surface area contributed by atoms with E-state index in [0.717, 1.165) is 26.2 Å². The number of nitrogens with one attached hydrogen (secondary N) is 1. The maximum Gasteiger partial charge on any atom is 0.0755 e. The summed E-state index contributed by atoms with van der Waals surface area (Å²) in [6.45, 7) is 4.22. The Bertz CT molecular complexity index is 143. The minimum atomic E-state index is 0. The van der Waals surface area contributed by atoms with Gasteiger partial charge in [-0.2, -0.15) is 0 Å². The van der Waals surface area contributed by atoms with Crippen molar-refractivity contribution in [1.82, 2.24) is 10.2 Å². The van der Waals surface area contributed by atoms with Gasteiger partial charge in [-0.1, -0.05) is 0 Å². The van der Waals surface area contributed by atoms with Gasteiger partial charge in [-0.05, 0) is 20.0 Å². The van der Waals surface area contributed by atoms with Crippen LogP contribution in [0, 0.1) is 0 Å². The highest BCUT2D eigenvalue weighted by atomic mass is 35.5. The lowest BCUT2D eigenvalue weighted by atomic mass is 10.0. The van der Waals surface area contributed by atoms with Gasteiger partial charge in [-0.25, -0.2) is 0 Å². The lowest BCUT2D eigenvalue weighted by Gasteiger charge is -2.42. The molecule has 2 rings (SSSR count). The van der Waals surface area contributed by atoms with E-state index in [4.69, 9.17) is 4.74 Å². The van der Waals surface area contributed by atoms with E-state index >= 15 is 0 Å². The van der Waals surface area contributed by atoms with E-state index < -0.39 is 0 Å². The number of halogens is 1. The molecule has 0 amide bonds. The zero-order valence-corrected chi connectivity index (χ0v) is 8.27. The molecule has 4 heteroatoms. The summed E-state index contributed by atoms with van der Waals surface area (Å²) in [7, 11) is 2.19. The maximum atomic E-state index is 5.67. The number of ether oxygens (including phenoxy) is 1. The normalized spacial score (nSPS) is 36.8. The van der Waals surface area contributed by atoms with Gasteiger partial charge in [-0.3, -0.25) is 4.90 Å². The summed E-state index contributed by atoms with van der Waals surface area (Å²) in [5, 5.41) is 3.39. The van der Waals surface area contributed by atoms with Gasteiger partial charge in [-0.15, -0.1) is 12.4 Å². The highest BCUT2D eigenvalue weighted by Gasteiger charge is 2.31. The first-order valence-electron chi connectivity index (χ1n) is 4.40. The summed E-state index contributed by atoms with van der Waals surface area (Å²) < 4.78 is 5.67. The Morgan fingerprint density at radius 2 is 2.33 bits per heavy atom. The average molecular weight is 193 g/mol. The fourth-order valence-electron chi connectivity index (χ4n) is 1.97. The molecule has 0 aromatic carbocycles. The standard InChI is InChI=1S/C8H16N2O.ClH/c1-10-4-5-11-8-2-3-9-6-7(8)10;/h7-9H,2-6H2,1H3;1H. The molecule has 0 saturated carbocycles. The summed E-state index contributed by atoms with van der Waals surface area (Å²) in [5.74, 6) is 0. The average Bonchev–Trinajstić information content (AvgIpc) is 2.06. The first kappa shape index (κ1) is 10.3. The number of piperidine rings is 1. The van der Waals surface area contributed by atoms with E-state index in [1.54, 1.807) is 0 Å². The van der Waals surface area contributed by atoms with Crippen LogP contribution in [0.4, 0.5) is 0 Å². The number of fused-ring (bicyclic) bond motifs is 1. The van der Waals surface area contributed by atoms with Crippen LogP contribution in [0.1, 0.15) is 6.42 Å². The molecule has 0 aromatic rings. The molecule has 1 N–H and O–H groups in total. The summed E-state index contributed by atoms with van der Waals surface area (Å²) in [6, 6.07) is 0.623. The molecule has 0 aliphatic carbocycles. The van der Waals surface area contributed by atoms with E-state index in [9.17, 15) is 0 Å². The van der Waals surface area contributed by atoms with Crippen molar-refractivity contribution in [2.24, 2.45) is 0 Å². The molecule has 2 heterocycles. The number of rotatable bonds is 0. The summed E-state index contributed by atoms with van der Waals surface area (Å²) >= 11 is 0. The minimum absolute atomic E-state index is 0. The molecule has 0 spiro atoms. The van der Waals surface area contributed by atoms with Crippen molar-refractivity contribution in [2.75, 3.05) is 33.3 Å². The van der Waals surface area contributed by atoms with E-state index in [2.05, 4.69) is 17.3 Å². The molecule has 0 bridgehead atoms. The van der Waals surface area contributed by atoms with Crippen molar-refractivity contribution in [3.8, 4) is 0 Å². The van der Waals surface area contributed by atoms with Gasteiger partial charge in [0.15, 0.2) is 0 Å². The molecule has 72 valence electrons. The topological polar surface area (TPSA) is 24.5 Å². The van der Waals surface area contributed by atoms with Crippen LogP contribution in [0.2, 0.25) is 0 Å². The molecular formula is C8H17ClN2O. The van der Waals surface area contributed by atoms with Gasteiger partial charge in [0.05, 0.1) is 12.7 Å². The molecule has 2 atom stereocenters. The van der Waals surface area contributed by atoms with Crippen LogP contribution in [0.25, 0.3) is 0 Å². The van der Waals surface area contributed by atoms with Crippen LogP contribution in [-0.4, -0.2) is 50.3 Å². The second-order valence-electron chi connectivity index (χ2n) is 3.45. The van der Waals surface area contributed by atoms with Gasteiger partial charge in [0.2, 0.25) is 0 Å². The smallest absolute Gasteiger partial charge is 0.0755 e. The van der Waals surface area contributed by atoms with Gasteiger partial charge in [0.25, 0.3) is 0 Å². The van der Waals surface area contributed by atoms with Crippen LogP contribution >= 0.6 is 12.4 Å². The van der Waals surface area contributed by atoms with Crippen molar-refractivity contribution in [3.63, 3.8) is 0 Å². The number of nitrogens with zero attached hydrogens (tertiary/aromatic N) is 1. The molecule has 12 heavy (non-hydrogen) atoms. The van der Waals surface area contributed by atoms with Gasteiger partial charge >= 0.3 is 0 Å². The first-order valence-corrected chi connectivity index (χ1v) is 4.40. The fraction of sp³-hybridized carbons (Fsp3) is 1.00. The predicted molar refractivity (Wildman–Crippen MR) is 50.9 cm³/mol. The summed E-state index contributed by atoms with van der Waals surface area (Å²) in [6.07, 6.45) is 1.67. The fourth-order valence-corrected chi connectivity index (χ4v) is 1.97. The molecule has 2 fully saturated rings. The van der Waals surface area contributed by atoms with Crippen LogP contribution in [0.5, 0.6) is 0 Å². The monoisotopic (exact) mass is 192 g/mol. The van der Waals surface area contributed by atoms with Crippen molar-refractivity contribution >= 4 is 12.4 Å². The number of likely N-dealkylation sites (N-methyl/N-ethyl adjacent to an activating group) is 1. The first-order chi connectivity index (χ1) is 5.38. The maximum absolute atomic E-state index is 5.67. The minimum Gasteiger partial charge on any atom is -0.375 e. The molecule has 0 radical (unpaired) electrons. The SMILES string of the molecule is CN1CCOC2CCNCC21.Cl. The lowest BCUT2D eigenvalue weighted by Crippen LogP contribution is -2.57. The quantitative estimate of drug-likeness (QED) is 0.590. The van der Waals surface area contributed by atoms with Crippen LogP contribution in [-0.2, 0) is 4.74 Å². The molecule has 3 nitrogen and oxygen atoms in total. The van der Waals surface area contributed by atoms with Crippen LogP contribution in [0.3, 0.4) is 0 Å². The molecule has 2 aliphatic rings. The Morgan fingerprint density at radius 1 is 1.50 bits per heavy atom. The Kier molecular flexibility index (Phi) is 3.77. The zero-order chi connectivity index (χ0) is 7.68. The number of hydrogen-bond acceptors (Lipinski definition) is 3. The summed E-state index contributed by atoms with van der Waals surface area (Å²) in [4.78, 5) is 2.40. The highest BCUT2D eigenvalue weighted by Crippen LogP contribution is 2.17. The molecule has 2 aliphatic heterocycles.